The van der Waals surface area contributed by atoms with Crippen molar-refractivity contribution >= 4 is 23.4 Å². The van der Waals surface area contributed by atoms with Crippen LogP contribution < -0.4 is 20.7 Å². The third-order valence-corrected chi connectivity index (χ3v) is 7.19. The molecule has 0 saturated carbocycles. The number of carbonyl (C=O) groups excluding carboxylic acids is 1. The Hall–Kier alpha value is -3.90. The minimum atomic E-state index is -4.54. The van der Waals surface area contributed by atoms with Crippen LogP contribution in [0.2, 0.25) is 0 Å². The predicted octanol–water partition coefficient (Wildman–Crippen LogP) is 4.99. The molecular formula is C28H32F3N7O2. The molecule has 40 heavy (non-hydrogen) atoms. The fourth-order valence-electron chi connectivity index (χ4n) is 5.03. The van der Waals surface area contributed by atoms with Crippen molar-refractivity contribution in [1.29, 1.82) is 0 Å². The Kier molecular flexibility index (Phi) is 8.08. The number of rotatable bonds is 5. The number of hydrogen-bond acceptors (Lipinski definition) is 7. The molecule has 3 heterocycles. The Bertz CT molecular complexity index is 1360. The number of ether oxygens (including phenoxy) is 1. The standard InChI is InChI=1S/C28H32F3N7O2/c1-36-12-14-37(15-13-36)18-20-5-6-21(17-23(20)28(29,30)31)34-27(39)38-11-3-2-4-19-16-22(7-8-24(19)38)40-25-9-10-33-26(32)35-25/h5-10,16-17H,2-4,11-15,18H2,1H3,(H,34,39)(H2,32,33,35). The number of alkyl halides is 3. The second-order valence-corrected chi connectivity index (χ2v) is 10.1. The topological polar surface area (TPSA) is 99.8 Å². The Morgan fingerprint density at radius 2 is 1.85 bits per heavy atom. The molecule has 0 radical (unpaired) electrons. The lowest BCUT2D eigenvalue weighted by atomic mass is 10.0. The van der Waals surface area contributed by atoms with Gasteiger partial charge < -0.3 is 20.7 Å². The molecule has 212 valence electrons. The summed E-state index contributed by atoms with van der Waals surface area (Å²) in [6, 6.07) is 10.5. The van der Waals surface area contributed by atoms with Gasteiger partial charge in [0.05, 0.1) is 5.56 Å². The van der Waals surface area contributed by atoms with Crippen LogP contribution in [0, 0.1) is 0 Å². The maximum Gasteiger partial charge on any atom is 0.416 e. The fraction of sp³-hybridized carbons (Fsp3) is 0.393. The molecule has 1 saturated heterocycles. The number of benzene rings is 2. The molecule has 0 unspecified atom stereocenters. The van der Waals surface area contributed by atoms with Gasteiger partial charge in [-0.2, -0.15) is 18.2 Å². The number of halogens is 3. The molecule has 0 atom stereocenters. The zero-order valence-electron chi connectivity index (χ0n) is 22.2. The quantitative estimate of drug-likeness (QED) is 0.458. The Balaban J connectivity index is 1.33. The van der Waals surface area contributed by atoms with Crippen LogP contribution >= 0.6 is 0 Å². The largest absolute Gasteiger partial charge is 0.439 e. The van der Waals surface area contributed by atoms with Gasteiger partial charge in [-0.1, -0.05) is 6.07 Å². The van der Waals surface area contributed by atoms with Crippen molar-refractivity contribution in [3.63, 3.8) is 0 Å². The highest BCUT2D eigenvalue weighted by atomic mass is 19.4. The zero-order valence-corrected chi connectivity index (χ0v) is 22.2. The summed E-state index contributed by atoms with van der Waals surface area (Å²) in [5, 5.41) is 2.69. The Labute approximate surface area is 230 Å². The van der Waals surface area contributed by atoms with Crippen LogP contribution in [0.4, 0.5) is 35.3 Å². The third-order valence-electron chi connectivity index (χ3n) is 7.19. The summed E-state index contributed by atoms with van der Waals surface area (Å²) >= 11 is 0. The van der Waals surface area contributed by atoms with E-state index in [1.54, 1.807) is 29.2 Å². The van der Waals surface area contributed by atoms with Gasteiger partial charge in [0.1, 0.15) is 5.75 Å². The van der Waals surface area contributed by atoms with E-state index in [-0.39, 0.29) is 23.7 Å². The van der Waals surface area contributed by atoms with E-state index in [0.29, 0.717) is 37.0 Å². The molecule has 9 nitrogen and oxygen atoms in total. The number of nitrogen functional groups attached to an aromatic ring is 1. The lowest BCUT2D eigenvalue weighted by Gasteiger charge is -2.33. The van der Waals surface area contributed by atoms with Crippen molar-refractivity contribution < 1.29 is 22.7 Å². The molecule has 2 aromatic carbocycles. The smallest absolute Gasteiger partial charge is 0.416 e. The van der Waals surface area contributed by atoms with Gasteiger partial charge in [-0.15, -0.1) is 0 Å². The molecular weight excluding hydrogens is 523 g/mol. The number of aryl methyl sites for hydroxylation is 1. The first-order chi connectivity index (χ1) is 19.2. The third kappa shape index (κ3) is 6.62. The molecule has 12 heteroatoms. The summed E-state index contributed by atoms with van der Waals surface area (Å²) in [5.74, 6) is 0.924. The number of carbonyl (C=O) groups is 1. The molecule has 0 aliphatic carbocycles. The molecule has 5 rings (SSSR count). The van der Waals surface area contributed by atoms with Crippen LogP contribution in [0.15, 0.2) is 48.7 Å². The summed E-state index contributed by atoms with van der Waals surface area (Å²) in [7, 11) is 2.00. The van der Waals surface area contributed by atoms with Crippen molar-refractivity contribution in [3.05, 3.63) is 65.4 Å². The molecule has 2 amide bonds. The number of nitrogens with zero attached hydrogens (tertiary/aromatic N) is 5. The van der Waals surface area contributed by atoms with E-state index in [1.807, 2.05) is 18.0 Å². The Morgan fingerprint density at radius 1 is 1.05 bits per heavy atom. The first kappa shape index (κ1) is 27.7. The fourth-order valence-corrected chi connectivity index (χ4v) is 5.03. The van der Waals surface area contributed by atoms with Gasteiger partial charge >= 0.3 is 12.2 Å². The number of likely N-dealkylation sites (N-methyl/N-ethyl adjacent to an activating group) is 1. The number of nitrogens with one attached hydrogen (secondary N) is 1. The molecule has 2 aliphatic rings. The van der Waals surface area contributed by atoms with Gasteiger partial charge in [0, 0.05) is 62.9 Å². The lowest BCUT2D eigenvalue weighted by molar-refractivity contribution is -0.138. The molecule has 3 N–H and O–H groups in total. The average molecular weight is 556 g/mol. The van der Waals surface area contributed by atoms with Crippen molar-refractivity contribution in [3.8, 4) is 11.6 Å². The molecule has 2 aliphatic heterocycles. The normalized spacial score (nSPS) is 16.8. The van der Waals surface area contributed by atoms with E-state index < -0.39 is 17.8 Å². The summed E-state index contributed by atoms with van der Waals surface area (Å²) in [4.78, 5) is 27.0. The predicted molar refractivity (Wildman–Crippen MR) is 146 cm³/mol. The van der Waals surface area contributed by atoms with Gasteiger partial charge in [-0.05, 0) is 67.8 Å². The summed E-state index contributed by atoms with van der Waals surface area (Å²) in [6.45, 7) is 3.70. The van der Waals surface area contributed by atoms with Gasteiger partial charge in [0.25, 0.3) is 0 Å². The lowest BCUT2D eigenvalue weighted by Crippen LogP contribution is -2.44. The van der Waals surface area contributed by atoms with Crippen LogP contribution in [0.1, 0.15) is 29.5 Å². The van der Waals surface area contributed by atoms with Gasteiger partial charge in [-0.3, -0.25) is 9.80 Å². The number of hydrogen-bond donors (Lipinski definition) is 2. The maximum absolute atomic E-state index is 14.0. The molecule has 1 fully saturated rings. The minimum Gasteiger partial charge on any atom is -0.439 e. The number of urea groups is 1. The molecule has 0 spiro atoms. The van der Waals surface area contributed by atoms with Crippen molar-refractivity contribution in [2.24, 2.45) is 0 Å². The van der Waals surface area contributed by atoms with Crippen molar-refractivity contribution in [1.82, 2.24) is 19.8 Å². The number of fused-ring (bicyclic) bond motifs is 1. The Morgan fingerprint density at radius 3 is 2.60 bits per heavy atom. The van der Waals surface area contributed by atoms with Gasteiger partial charge in [0.15, 0.2) is 0 Å². The van der Waals surface area contributed by atoms with Crippen LogP contribution in [0.5, 0.6) is 11.6 Å². The number of nitrogens with two attached hydrogens (primary N) is 1. The highest BCUT2D eigenvalue weighted by Gasteiger charge is 2.34. The van der Waals surface area contributed by atoms with Crippen LogP contribution in [-0.4, -0.2) is 65.6 Å². The highest BCUT2D eigenvalue weighted by molar-refractivity contribution is 6.02. The van der Waals surface area contributed by atoms with Gasteiger partial charge in [0.2, 0.25) is 11.8 Å². The van der Waals surface area contributed by atoms with Gasteiger partial charge in [-0.25, -0.2) is 9.78 Å². The highest BCUT2D eigenvalue weighted by Crippen LogP contribution is 2.36. The molecule has 0 bridgehead atoms. The number of anilines is 3. The van der Waals surface area contributed by atoms with E-state index in [4.69, 9.17) is 10.5 Å². The second kappa shape index (κ2) is 11.7. The van der Waals surface area contributed by atoms with E-state index in [2.05, 4.69) is 20.2 Å². The van der Waals surface area contributed by atoms with E-state index in [0.717, 1.165) is 44.0 Å². The van der Waals surface area contributed by atoms with E-state index in [9.17, 15) is 18.0 Å². The first-order valence-corrected chi connectivity index (χ1v) is 13.2. The molecule has 3 aromatic rings. The number of piperazine rings is 1. The van der Waals surface area contributed by atoms with Crippen LogP contribution in [0.25, 0.3) is 0 Å². The summed E-state index contributed by atoms with van der Waals surface area (Å²) in [6.07, 6.45) is -0.723. The van der Waals surface area contributed by atoms with Crippen LogP contribution in [-0.2, 0) is 19.1 Å². The van der Waals surface area contributed by atoms with Crippen molar-refractivity contribution in [2.75, 3.05) is 55.7 Å². The summed E-state index contributed by atoms with van der Waals surface area (Å²) < 4.78 is 47.9. The van der Waals surface area contributed by atoms with E-state index >= 15 is 0 Å². The van der Waals surface area contributed by atoms with E-state index in [1.165, 1.54) is 12.3 Å². The molecule has 1 aromatic heterocycles. The monoisotopic (exact) mass is 555 g/mol. The maximum atomic E-state index is 14.0. The second-order valence-electron chi connectivity index (χ2n) is 10.1. The summed E-state index contributed by atoms with van der Waals surface area (Å²) in [5.41, 5.74) is 6.78. The average Bonchev–Trinajstić information content (AvgIpc) is 3.12. The van der Waals surface area contributed by atoms with Crippen LogP contribution in [0.3, 0.4) is 0 Å². The SMILES string of the molecule is CN1CCN(Cc2ccc(NC(=O)N3CCCCc4cc(Oc5ccnc(N)n5)ccc43)cc2C(F)(F)F)CC1. The zero-order chi connectivity index (χ0) is 28.3. The van der Waals surface area contributed by atoms with Crippen molar-refractivity contribution in [2.45, 2.75) is 32.0 Å². The number of amides is 2. The number of aromatic nitrogens is 2. The minimum absolute atomic E-state index is 0.0937. The first-order valence-electron chi connectivity index (χ1n) is 13.2.